The number of nitrogens with two attached hydrogens (primary N) is 1. The van der Waals surface area contributed by atoms with Gasteiger partial charge in [-0.05, 0) is 30.7 Å². The van der Waals surface area contributed by atoms with E-state index in [2.05, 4.69) is 5.32 Å². The van der Waals surface area contributed by atoms with E-state index in [0.29, 0.717) is 6.54 Å². The van der Waals surface area contributed by atoms with E-state index in [1.165, 1.54) is 12.1 Å². The second-order valence-corrected chi connectivity index (χ2v) is 4.40. The summed E-state index contributed by atoms with van der Waals surface area (Å²) in [6.07, 6.45) is 0. The molecule has 0 radical (unpaired) electrons. The normalized spacial score (nSPS) is 10.2. The van der Waals surface area contributed by atoms with Crippen molar-refractivity contribution in [2.75, 3.05) is 5.73 Å². The van der Waals surface area contributed by atoms with E-state index in [1.54, 1.807) is 0 Å². The molecule has 0 aliphatic heterocycles. The van der Waals surface area contributed by atoms with Crippen LogP contribution >= 0.6 is 0 Å². The molecule has 0 aliphatic carbocycles. The molecule has 19 heavy (non-hydrogen) atoms. The zero-order chi connectivity index (χ0) is 13.8. The zero-order valence-electron chi connectivity index (χ0n) is 10.6. The van der Waals surface area contributed by atoms with Crippen molar-refractivity contribution in [3.8, 4) is 0 Å². The maximum atomic E-state index is 12.9. The molecule has 0 aromatic heterocycles. The molecule has 0 aliphatic rings. The lowest BCUT2D eigenvalue weighted by Gasteiger charge is -2.08. The summed E-state index contributed by atoms with van der Waals surface area (Å²) < 4.78 is 12.9. The lowest BCUT2D eigenvalue weighted by molar-refractivity contribution is 0.0952. The van der Waals surface area contributed by atoms with E-state index >= 15 is 0 Å². The number of hydrogen-bond donors (Lipinski definition) is 2. The van der Waals surface area contributed by atoms with Crippen LogP contribution in [-0.2, 0) is 6.54 Å². The number of halogens is 1. The maximum Gasteiger partial charge on any atom is 0.253 e. The molecule has 0 fully saturated rings. The highest BCUT2D eigenvalue weighted by molar-refractivity contribution is 5.99. The Balaban J connectivity index is 2.03. The van der Waals surface area contributed by atoms with Gasteiger partial charge in [-0.25, -0.2) is 4.39 Å². The van der Waals surface area contributed by atoms with Crippen LogP contribution in [-0.4, -0.2) is 5.91 Å². The zero-order valence-corrected chi connectivity index (χ0v) is 10.6. The molecular formula is C15H15FN2O. The van der Waals surface area contributed by atoms with Gasteiger partial charge in [0, 0.05) is 12.2 Å². The molecule has 0 spiro atoms. The molecule has 0 heterocycles. The van der Waals surface area contributed by atoms with Crippen molar-refractivity contribution in [3.63, 3.8) is 0 Å². The highest BCUT2D eigenvalue weighted by Gasteiger charge is 2.09. The molecule has 3 nitrogen and oxygen atoms in total. The first-order chi connectivity index (χ1) is 9.06. The van der Waals surface area contributed by atoms with Gasteiger partial charge < -0.3 is 11.1 Å². The number of nitrogens with one attached hydrogen (secondary N) is 1. The fourth-order valence-electron chi connectivity index (χ4n) is 1.72. The molecule has 4 heteroatoms. The summed E-state index contributed by atoms with van der Waals surface area (Å²) in [7, 11) is 0. The fourth-order valence-corrected chi connectivity index (χ4v) is 1.72. The van der Waals surface area contributed by atoms with Gasteiger partial charge in [0.2, 0.25) is 0 Å². The van der Waals surface area contributed by atoms with Crippen LogP contribution in [0, 0.1) is 12.7 Å². The SMILES string of the molecule is Cc1ccc(CNC(=O)c2ccc(F)cc2N)cc1. The Morgan fingerprint density at radius 2 is 1.89 bits per heavy atom. The Morgan fingerprint density at radius 3 is 2.53 bits per heavy atom. The van der Waals surface area contributed by atoms with Gasteiger partial charge in [0.05, 0.1) is 5.56 Å². The van der Waals surface area contributed by atoms with E-state index in [4.69, 9.17) is 5.73 Å². The number of nitrogen functional groups attached to an aromatic ring is 1. The first-order valence-electron chi connectivity index (χ1n) is 5.95. The van der Waals surface area contributed by atoms with E-state index in [-0.39, 0.29) is 17.2 Å². The Hall–Kier alpha value is -2.36. The lowest BCUT2D eigenvalue weighted by Crippen LogP contribution is -2.23. The number of rotatable bonds is 3. The predicted octanol–water partition coefficient (Wildman–Crippen LogP) is 2.65. The highest BCUT2D eigenvalue weighted by Crippen LogP contribution is 2.13. The van der Waals surface area contributed by atoms with Crippen molar-refractivity contribution < 1.29 is 9.18 Å². The average Bonchev–Trinajstić information content (AvgIpc) is 2.37. The second-order valence-electron chi connectivity index (χ2n) is 4.40. The predicted molar refractivity (Wildman–Crippen MR) is 73.2 cm³/mol. The molecule has 0 atom stereocenters. The molecule has 2 rings (SSSR count). The Kier molecular flexibility index (Phi) is 3.80. The van der Waals surface area contributed by atoms with Crippen LogP contribution in [0.5, 0.6) is 0 Å². The van der Waals surface area contributed by atoms with Crippen molar-refractivity contribution >= 4 is 11.6 Å². The summed E-state index contributed by atoms with van der Waals surface area (Å²) in [5, 5.41) is 2.75. The average molecular weight is 258 g/mol. The molecule has 2 aromatic carbocycles. The third kappa shape index (κ3) is 3.31. The summed E-state index contributed by atoms with van der Waals surface area (Å²) in [5.74, 6) is -0.759. The maximum absolute atomic E-state index is 12.9. The fraction of sp³-hybridized carbons (Fsp3) is 0.133. The number of anilines is 1. The second kappa shape index (κ2) is 5.52. The van der Waals surface area contributed by atoms with Crippen molar-refractivity contribution in [1.29, 1.82) is 0 Å². The van der Waals surface area contributed by atoms with Gasteiger partial charge in [0.25, 0.3) is 5.91 Å². The van der Waals surface area contributed by atoms with Crippen molar-refractivity contribution in [2.45, 2.75) is 13.5 Å². The van der Waals surface area contributed by atoms with Crippen LogP contribution in [0.15, 0.2) is 42.5 Å². The van der Waals surface area contributed by atoms with Crippen LogP contribution < -0.4 is 11.1 Å². The first-order valence-corrected chi connectivity index (χ1v) is 5.95. The van der Waals surface area contributed by atoms with Crippen LogP contribution in [0.3, 0.4) is 0 Å². The summed E-state index contributed by atoms with van der Waals surface area (Å²) in [4.78, 5) is 11.9. The third-order valence-corrected chi connectivity index (χ3v) is 2.83. The van der Waals surface area contributed by atoms with Gasteiger partial charge in [-0.2, -0.15) is 0 Å². The van der Waals surface area contributed by atoms with Gasteiger partial charge in [-0.1, -0.05) is 29.8 Å². The van der Waals surface area contributed by atoms with Gasteiger partial charge in [-0.3, -0.25) is 4.79 Å². The Labute approximate surface area is 111 Å². The minimum atomic E-state index is -0.451. The quantitative estimate of drug-likeness (QED) is 0.831. The molecular weight excluding hydrogens is 243 g/mol. The summed E-state index contributed by atoms with van der Waals surface area (Å²) in [5.41, 5.74) is 8.20. The van der Waals surface area contributed by atoms with Crippen molar-refractivity contribution in [3.05, 3.63) is 65.0 Å². The number of benzene rings is 2. The van der Waals surface area contributed by atoms with Gasteiger partial charge in [0.15, 0.2) is 0 Å². The third-order valence-electron chi connectivity index (χ3n) is 2.83. The van der Waals surface area contributed by atoms with E-state index in [1.807, 2.05) is 31.2 Å². The van der Waals surface area contributed by atoms with E-state index in [0.717, 1.165) is 17.2 Å². The minimum absolute atomic E-state index is 0.140. The number of carbonyl (C=O) groups excluding carboxylic acids is 1. The van der Waals surface area contributed by atoms with Crippen LogP contribution in [0.2, 0.25) is 0 Å². The summed E-state index contributed by atoms with van der Waals surface area (Å²) >= 11 is 0. The largest absolute Gasteiger partial charge is 0.398 e. The van der Waals surface area contributed by atoms with Crippen molar-refractivity contribution in [2.24, 2.45) is 0 Å². The van der Waals surface area contributed by atoms with Crippen molar-refractivity contribution in [1.82, 2.24) is 5.32 Å². The topological polar surface area (TPSA) is 55.1 Å². The van der Waals surface area contributed by atoms with E-state index < -0.39 is 5.82 Å². The van der Waals surface area contributed by atoms with E-state index in [9.17, 15) is 9.18 Å². The van der Waals surface area contributed by atoms with Crippen LogP contribution in [0.1, 0.15) is 21.5 Å². The van der Waals surface area contributed by atoms with Gasteiger partial charge in [-0.15, -0.1) is 0 Å². The Bertz CT molecular complexity index is 594. The number of carbonyl (C=O) groups is 1. The standard InChI is InChI=1S/C15H15FN2O/c1-10-2-4-11(5-3-10)9-18-15(19)13-7-6-12(16)8-14(13)17/h2-8H,9,17H2,1H3,(H,18,19). The molecule has 0 saturated carbocycles. The number of hydrogen-bond acceptors (Lipinski definition) is 2. The van der Waals surface area contributed by atoms with Crippen LogP contribution in [0.25, 0.3) is 0 Å². The molecule has 2 aromatic rings. The monoisotopic (exact) mass is 258 g/mol. The number of amides is 1. The van der Waals surface area contributed by atoms with Gasteiger partial charge >= 0.3 is 0 Å². The molecule has 1 amide bonds. The first kappa shape index (κ1) is 13.1. The molecule has 0 bridgehead atoms. The molecule has 3 N–H and O–H groups in total. The van der Waals surface area contributed by atoms with Crippen LogP contribution in [0.4, 0.5) is 10.1 Å². The van der Waals surface area contributed by atoms with Gasteiger partial charge in [0.1, 0.15) is 5.82 Å². The highest BCUT2D eigenvalue weighted by atomic mass is 19.1. The smallest absolute Gasteiger partial charge is 0.253 e. The Morgan fingerprint density at radius 1 is 1.21 bits per heavy atom. The number of aryl methyl sites for hydroxylation is 1. The summed E-state index contributed by atoms with van der Waals surface area (Å²) in [6.45, 7) is 2.41. The molecule has 0 saturated heterocycles. The lowest BCUT2D eigenvalue weighted by atomic mass is 10.1. The summed E-state index contributed by atoms with van der Waals surface area (Å²) in [6, 6.07) is 11.6. The molecule has 0 unspecified atom stereocenters. The molecule has 98 valence electrons. The minimum Gasteiger partial charge on any atom is -0.398 e.